The Labute approximate surface area is 184 Å². The van der Waals surface area contributed by atoms with Crippen molar-refractivity contribution >= 4 is 27.3 Å². The lowest BCUT2D eigenvalue weighted by Crippen LogP contribution is -2.46. The van der Waals surface area contributed by atoms with Crippen molar-refractivity contribution in [1.82, 2.24) is 4.90 Å². The molecule has 0 saturated heterocycles. The van der Waals surface area contributed by atoms with E-state index in [0.717, 1.165) is 31.2 Å². The number of amides is 1. The second kappa shape index (κ2) is 9.08. The summed E-state index contributed by atoms with van der Waals surface area (Å²) in [6, 6.07) is 14.8. The van der Waals surface area contributed by atoms with Gasteiger partial charge in [-0.15, -0.1) is 0 Å². The molecule has 2 aromatic carbocycles. The molecule has 0 bridgehead atoms. The molecule has 1 amide bonds. The van der Waals surface area contributed by atoms with Gasteiger partial charge in [0.1, 0.15) is 0 Å². The lowest BCUT2D eigenvalue weighted by Gasteiger charge is -2.43. The molecule has 1 saturated carbocycles. The predicted octanol–water partition coefficient (Wildman–Crippen LogP) is 3.93. The highest BCUT2D eigenvalue weighted by Gasteiger charge is 2.38. The van der Waals surface area contributed by atoms with Crippen LogP contribution >= 0.6 is 11.6 Å². The van der Waals surface area contributed by atoms with Crippen molar-refractivity contribution < 1.29 is 13.2 Å². The minimum absolute atomic E-state index is 0.0233. The van der Waals surface area contributed by atoms with Gasteiger partial charge in [0.05, 0.1) is 4.90 Å². The number of hydrogen-bond donors (Lipinski definition) is 1. The Balaban J connectivity index is 1.73. The van der Waals surface area contributed by atoms with Gasteiger partial charge in [-0.2, -0.15) is 0 Å². The van der Waals surface area contributed by atoms with Gasteiger partial charge in [-0.05, 0) is 61.1 Å². The lowest BCUT2D eigenvalue weighted by molar-refractivity contribution is -0.132. The minimum atomic E-state index is -3.23. The van der Waals surface area contributed by atoms with E-state index in [-0.39, 0.29) is 22.3 Å². The molecular formula is C23H29ClN2O3S. The molecule has 1 aliphatic carbocycles. The summed E-state index contributed by atoms with van der Waals surface area (Å²) in [5.74, 6) is 0.0233. The zero-order chi connectivity index (χ0) is 21.9. The maximum atomic E-state index is 12.4. The summed E-state index contributed by atoms with van der Waals surface area (Å²) in [6.45, 7) is 2.61. The van der Waals surface area contributed by atoms with Crippen LogP contribution in [0, 0.1) is 0 Å². The zero-order valence-corrected chi connectivity index (χ0v) is 19.0. The number of benzene rings is 2. The van der Waals surface area contributed by atoms with Crippen LogP contribution in [0.5, 0.6) is 0 Å². The Morgan fingerprint density at radius 3 is 2.30 bits per heavy atom. The van der Waals surface area contributed by atoms with Crippen LogP contribution in [0.25, 0.3) is 0 Å². The largest absolute Gasteiger partial charge is 0.336 e. The van der Waals surface area contributed by atoms with E-state index in [1.807, 2.05) is 23.1 Å². The van der Waals surface area contributed by atoms with E-state index in [9.17, 15) is 13.2 Å². The standard InChI is InChI=1S/C23H29ClN2O3S/c1-17(27)26(15-18-6-8-22(9-7-18)30(2,28)29)21-10-12-23(16-25,13-11-21)19-4-3-5-20(24)14-19/h3-9,14,21H,10-13,15-16,25H2,1-2H3/t21-,23-. The number of carbonyl (C=O) groups is 1. The third kappa shape index (κ3) is 5.05. The summed E-state index contributed by atoms with van der Waals surface area (Å²) in [5.41, 5.74) is 8.18. The molecule has 0 radical (unpaired) electrons. The van der Waals surface area contributed by atoms with E-state index < -0.39 is 9.84 Å². The number of carbonyl (C=O) groups excluding carboxylic acids is 1. The summed E-state index contributed by atoms with van der Waals surface area (Å²) in [4.78, 5) is 14.6. The number of sulfone groups is 1. The molecule has 3 rings (SSSR count). The molecule has 2 N–H and O–H groups in total. The number of hydrogen-bond acceptors (Lipinski definition) is 4. The fraction of sp³-hybridized carbons (Fsp3) is 0.435. The first-order valence-electron chi connectivity index (χ1n) is 10.2. The highest BCUT2D eigenvalue weighted by molar-refractivity contribution is 7.90. The first kappa shape index (κ1) is 22.8. The van der Waals surface area contributed by atoms with Crippen LogP contribution in [0.3, 0.4) is 0 Å². The van der Waals surface area contributed by atoms with Gasteiger partial charge in [-0.1, -0.05) is 35.9 Å². The number of halogens is 1. The molecule has 5 nitrogen and oxygen atoms in total. The van der Waals surface area contributed by atoms with Crippen molar-refractivity contribution in [3.63, 3.8) is 0 Å². The monoisotopic (exact) mass is 448 g/mol. The second-order valence-corrected chi connectivity index (χ2v) is 10.7. The quantitative estimate of drug-likeness (QED) is 0.725. The fourth-order valence-corrected chi connectivity index (χ4v) is 5.25. The lowest BCUT2D eigenvalue weighted by atomic mass is 9.68. The maximum absolute atomic E-state index is 12.4. The minimum Gasteiger partial charge on any atom is -0.336 e. The van der Waals surface area contributed by atoms with Gasteiger partial charge in [-0.25, -0.2) is 8.42 Å². The molecule has 0 atom stereocenters. The SMILES string of the molecule is CC(=O)N(Cc1ccc(S(C)(=O)=O)cc1)[C@H]1CC[C@](CN)(c2cccc(Cl)c2)CC1. The van der Waals surface area contributed by atoms with Gasteiger partial charge >= 0.3 is 0 Å². The molecule has 2 aromatic rings. The first-order chi connectivity index (χ1) is 14.1. The molecule has 0 aromatic heterocycles. The van der Waals surface area contributed by atoms with Crippen molar-refractivity contribution in [3.05, 3.63) is 64.7 Å². The van der Waals surface area contributed by atoms with Crippen molar-refractivity contribution in [1.29, 1.82) is 0 Å². The molecule has 30 heavy (non-hydrogen) atoms. The van der Waals surface area contributed by atoms with Gasteiger partial charge < -0.3 is 10.6 Å². The van der Waals surface area contributed by atoms with Crippen LogP contribution in [0.1, 0.15) is 43.7 Å². The highest BCUT2D eigenvalue weighted by Crippen LogP contribution is 2.41. The van der Waals surface area contributed by atoms with E-state index in [4.69, 9.17) is 17.3 Å². The Morgan fingerprint density at radius 2 is 1.80 bits per heavy atom. The molecule has 162 valence electrons. The zero-order valence-electron chi connectivity index (χ0n) is 17.5. The smallest absolute Gasteiger partial charge is 0.219 e. The van der Waals surface area contributed by atoms with Gasteiger partial charge in [0.25, 0.3) is 0 Å². The summed E-state index contributed by atoms with van der Waals surface area (Å²) >= 11 is 6.20. The van der Waals surface area contributed by atoms with Crippen LogP contribution in [-0.2, 0) is 26.6 Å². The van der Waals surface area contributed by atoms with Gasteiger partial charge in [-0.3, -0.25) is 4.79 Å². The van der Waals surface area contributed by atoms with Gasteiger partial charge in [0, 0.05) is 42.7 Å². The van der Waals surface area contributed by atoms with Gasteiger partial charge in [0.15, 0.2) is 9.84 Å². The molecular weight excluding hydrogens is 420 g/mol. The van der Waals surface area contributed by atoms with Crippen LogP contribution in [0.4, 0.5) is 0 Å². The van der Waals surface area contributed by atoms with Crippen molar-refractivity contribution in [2.24, 2.45) is 5.73 Å². The highest BCUT2D eigenvalue weighted by atomic mass is 35.5. The van der Waals surface area contributed by atoms with E-state index in [2.05, 4.69) is 6.07 Å². The first-order valence-corrected chi connectivity index (χ1v) is 12.4. The van der Waals surface area contributed by atoms with Crippen molar-refractivity contribution in [2.75, 3.05) is 12.8 Å². The van der Waals surface area contributed by atoms with Crippen LogP contribution in [-0.4, -0.2) is 38.1 Å². The van der Waals surface area contributed by atoms with Crippen LogP contribution in [0.2, 0.25) is 5.02 Å². The average molecular weight is 449 g/mol. The Bertz CT molecular complexity index is 997. The maximum Gasteiger partial charge on any atom is 0.219 e. The molecule has 0 aliphatic heterocycles. The number of rotatable bonds is 6. The molecule has 0 spiro atoms. The molecule has 1 fully saturated rings. The Kier molecular flexibility index (Phi) is 6.90. The number of nitrogens with zero attached hydrogens (tertiary/aromatic N) is 1. The van der Waals surface area contributed by atoms with Gasteiger partial charge in [0.2, 0.25) is 5.91 Å². The van der Waals surface area contributed by atoms with Crippen molar-refractivity contribution in [2.45, 2.75) is 55.5 Å². The average Bonchev–Trinajstić information content (AvgIpc) is 2.72. The van der Waals surface area contributed by atoms with E-state index in [1.165, 1.54) is 11.8 Å². The van der Waals surface area contributed by atoms with E-state index >= 15 is 0 Å². The topological polar surface area (TPSA) is 80.5 Å². The summed E-state index contributed by atoms with van der Waals surface area (Å²) in [6.07, 6.45) is 4.71. The number of nitrogens with two attached hydrogens (primary N) is 1. The Morgan fingerprint density at radius 1 is 1.17 bits per heavy atom. The van der Waals surface area contributed by atoms with Crippen LogP contribution in [0.15, 0.2) is 53.4 Å². The Hall–Kier alpha value is -1.89. The van der Waals surface area contributed by atoms with Crippen LogP contribution < -0.4 is 5.73 Å². The third-order valence-electron chi connectivity index (χ3n) is 6.29. The molecule has 0 heterocycles. The summed E-state index contributed by atoms with van der Waals surface area (Å²) in [5, 5.41) is 0.713. The fourth-order valence-electron chi connectivity index (χ4n) is 4.43. The van der Waals surface area contributed by atoms with E-state index in [1.54, 1.807) is 31.2 Å². The molecule has 1 aliphatic rings. The molecule has 7 heteroatoms. The molecule has 0 unspecified atom stereocenters. The third-order valence-corrected chi connectivity index (χ3v) is 7.65. The normalized spacial score (nSPS) is 21.9. The second-order valence-electron chi connectivity index (χ2n) is 8.29. The van der Waals surface area contributed by atoms with Crippen molar-refractivity contribution in [3.8, 4) is 0 Å². The summed E-state index contributed by atoms with van der Waals surface area (Å²) < 4.78 is 23.3. The summed E-state index contributed by atoms with van der Waals surface area (Å²) in [7, 11) is -3.23. The van der Waals surface area contributed by atoms with E-state index in [0.29, 0.717) is 18.1 Å². The predicted molar refractivity (Wildman–Crippen MR) is 120 cm³/mol.